The first-order chi connectivity index (χ1) is 9.13. The van der Waals surface area contributed by atoms with Gasteiger partial charge in [0.15, 0.2) is 15.9 Å². The lowest BCUT2D eigenvalue weighted by atomic mass is 9.94. The van der Waals surface area contributed by atoms with Crippen molar-refractivity contribution in [3.63, 3.8) is 0 Å². The summed E-state index contributed by atoms with van der Waals surface area (Å²) in [5.41, 5.74) is 1.99. The SMILES string of the molecule is O=C1c2ccccc2C(=O)C1(Br)Cc1ccccc1. The Kier molecular flexibility index (Phi) is 2.86. The third-order valence-electron chi connectivity index (χ3n) is 3.43. The number of carbonyl (C=O) groups excluding carboxylic acids is 2. The molecule has 0 fully saturated rings. The second kappa shape index (κ2) is 4.42. The molecule has 0 spiro atoms. The van der Waals surface area contributed by atoms with Gasteiger partial charge >= 0.3 is 0 Å². The van der Waals surface area contributed by atoms with Gasteiger partial charge in [-0.2, -0.15) is 0 Å². The van der Waals surface area contributed by atoms with Crippen LogP contribution in [0.3, 0.4) is 0 Å². The maximum absolute atomic E-state index is 12.5. The molecule has 0 unspecified atom stereocenters. The van der Waals surface area contributed by atoms with Crippen molar-refractivity contribution in [2.24, 2.45) is 0 Å². The van der Waals surface area contributed by atoms with Gasteiger partial charge in [0.1, 0.15) is 0 Å². The lowest BCUT2D eigenvalue weighted by molar-refractivity contribution is 0.0872. The largest absolute Gasteiger partial charge is 0.292 e. The van der Waals surface area contributed by atoms with Crippen LogP contribution in [0.5, 0.6) is 0 Å². The number of rotatable bonds is 2. The second-order valence-corrected chi connectivity index (χ2v) is 6.02. The average Bonchev–Trinajstić information content (AvgIpc) is 2.63. The summed E-state index contributed by atoms with van der Waals surface area (Å²) in [7, 11) is 0. The molecule has 0 saturated carbocycles. The van der Waals surface area contributed by atoms with E-state index in [-0.39, 0.29) is 11.6 Å². The van der Waals surface area contributed by atoms with E-state index in [2.05, 4.69) is 15.9 Å². The molecule has 1 aliphatic rings. The predicted molar refractivity (Wildman–Crippen MR) is 76.9 cm³/mol. The van der Waals surface area contributed by atoms with Gasteiger partial charge in [-0.15, -0.1) is 0 Å². The van der Waals surface area contributed by atoms with Gasteiger partial charge in [-0.05, 0) is 5.56 Å². The Morgan fingerprint density at radius 2 is 1.26 bits per heavy atom. The van der Waals surface area contributed by atoms with E-state index in [9.17, 15) is 9.59 Å². The van der Waals surface area contributed by atoms with Crippen molar-refractivity contribution in [1.82, 2.24) is 0 Å². The third-order valence-corrected chi connectivity index (χ3v) is 4.43. The number of hydrogen-bond acceptors (Lipinski definition) is 2. The number of benzene rings is 2. The molecular formula is C16H11BrO2. The van der Waals surface area contributed by atoms with Crippen LogP contribution in [0.2, 0.25) is 0 Å². The molecule has 3 rings (SSSR count). The monoisotopic (exact) mass is 314 g/mol. The van der Waals surface area contributed by atoms with E-state index in [1.165, 1.54) is 0 Å². The highest BCUT2D eigenvalue weighted by Crippen LogP contribution is 2.38. The van der Waals surface area contributed by atoms with Crippen LogP contribution in [0.4, 0.5) is 0 Å². The number of alkyl halides is 1. The van der Waals surface area contributed by atoms with Crippen molar-refractivity contribution >= 4 is 27.5 Å². The van der Waals surface area contributed by atoms with Crippen LogP contribution in [-0.2, 0) is 6.42 Å². The predicted octanol–water partition coefficient (Wildman–Crippen LogP) is 3.44. The Morgan fingerprint density at radius 1 is 0.789 bits per heavy atom. The second-order valence-electron chi connectivity index (χ2n) is 4.67. The quantitative estimate of drug-likeness (QED) is 0.628. The van der Waals surface area contributed by atoms with Crippen LogP contribution < -0.4 is 0 Å². The fourth-order valence-electron chi connectivity index (χ4n) is 2.45. The zero-order chi connectivity index (χ0) is 13.5. The summed E-state index contributed by atoms with van der Waals surface area (Å²) in [6.45, 7) is 0. The molecule has 2 nitrogen and oxygen atoms in total. The smallest absolute Gasteiger partial charge is 0.188 e. The zero-order valence-corrected chi connectivity index (χ0v) is 11.7. The van der Waals surface area contributed by atoms with Gasteiger partial charge in [0.2, 0.25) is 0 Å². The van der Waals surface area contributed by atoms with E-state index in [4.69, 9.17) is 0 Å². The maximum atomic E-state index is 12.5. The number of hydrogen-bond donors (Lipinski definition) is 0. The Morgan fingerprint density at radius 3 is 1.79 bits per heavy atom. The molecule has 0 aliphatic heterocycles. The zero-order valence-electron chi connectivity index (χ0n) is 10.1. The van der Waals surface area contributed by atoms with Crippen LogP contribution in [0.15, 0.2) is 54.6 Å². The number of ketones is 2. The van der Waals surface area contributed by atoms with Gasteiger partial charge in [0.05, 0.1) is 0 Å². The average molecular weight is 315 g/mol. The number of fused-ring (bicyclic) bond motifs is 1. The molecule has 0 radical (unpaired) electrons. The van der Waals surface area contributed by atoms with Gasteiger partial charge < -0.3 is 0 Å². The number of Topliss-reactive ketones (excluding diaryl/α,β-unsaturated/α-hetero) is 2. The van der Waals surface area contributed by atoms with Crippen molar-refractivity contribution in [2.45, 2.75) is 10.7 Å². The number of carbonyl (C=O) groups is 2. The van der Waals surface area contributed by atoms with Crippen molar-refractivity contribution in [2.75, 3.05) is 0 Å². The number of halogens is 1. The van der Waals surface area contributed by atoms with E-state index in [0.29, 0.717) is 17.5 Å². The Balaban J connectivity index is 2.03. The normalized spacial score (nSPS) is 16.5. The van der Waals surface area contributed by atoms with Gasteiger partial charge in [-0.3, -0.25) is 9.59 Å². The molecule has 2 aromatic carbocycles. The summed E-state index contributed by atoms with van der Waals surface area (Å²) >= 11 is 3.40. The summed E-state index contributed by atoms with van der Waals surface area (Å²) in [6, 6.07) is 16.6. The highest BCUT2D eigenvalue weighted by atomic mass is 79.9. The van der Waals surface area contributed by atoms with E-state index in [0.717, 1.165) is 5.56 Å². The van der Waals surface area contributed by atoms with Crippen molar-refractivity contribution < 1.29 is 9.59 Å². The Hall–Kier alpha value is -1.74. The summed E-state index contributed by atoms with van der Waals surface area (Å²) in [6.07, 6.45) is 0.375. The molecule has 19 heavy (non-hydrogen) atoms. The van der Waals surface area contributed by atoms with E-state index in [1.54, 1.807) is 24.3 Å². The molecule has 0 saturated heterocycles. The molecule has 0 N–H and O–H groups in total. The van der Waals surface area contributed by atoms with Crippen LogP contribution in [-0.4, -0.2) is 15.9 Å². The molecule has 2 aromatic rings. The van der Waals surface area contributed by atoms with Gasteiger partial charge in [0, 0.05) is 17.5 Å². The maximum Gasteiger partial charge on any atom is 0.188 e. The Labute approximate surface area is 119 Å². The van der Waals surface area contributed by atoms with Crippen LogP contribution >= 0.6 is 15.9 Å². The summed E-state index contributed by atoms with van der Waals surface area (Å²) in [4.78, 5) is 24.9. The summed E-state index contributed by atoms with van der Waals surface area (Å²) in [5.74, 6) is -0.283. The topological polar surface area (TPSA) is 34.1 Å². The first-order valence-electron chi connectivity index (χ1n) is 6.04. The van der Waals surface area contributed by atoms with Gasteiger partial charge in [-0.25, -0.2) is 0 Å². The lowest BCUT2D eigenvalue weighted by Gasteiger charge is -2.18. The van der Waals surface area contributed by atoms with E-state index >= 15 is 0 Å². The van der Waals surface area contributed by atoms with Crippen LogP contribution in [0, 0.1) is 0 Å². The minimum Gasteiger partial charge on any atom is -0.292 e. The standard InChI is InChI=1S/C16H11BrO2/c17-16(10-11-6-2-1-3-7-11)14(18)12-8-4-5-9-13(12)15(16)19/h1-9H,10H2. The molecule has 0 bridgehead atoms. The van der Waals surface area contributed by atoms with Crippen molar-refractivity contribution in [3.8, 4) is 0 Å². The van der Waals surface area contributed by atoms with E-state index in [1.807, 2.05) is 30.3 Å². The molecule has 0 aromatic heterocycles. The molecule has 0 atom stereocenters. The first kappa shape index (κ1) is 12.3. The highest BCUT2D eigenvalue weighted by molar-refractivity contribution is 9.10. The van der Waals surface area contributed by atoms with Gasteiger partial charge in [-0.1, -0.05) is 70.5 Å². The van der Waals surface area contributed by atoms with Crippen molar-refractivity contribution in [1.29, 1.82) is 0 Å². The highest BCUT2D eigenvalue weighted by Gasteiger charge is 2.50. The molecule has 0 amide bonds. The third kappa shape index (κ3) is 1.85. The lowest BCUT2D eigenvalue weighted by Crippen LogP contribution is -2.36. The molecule has 1 aliphatic carbocycles. The van der Waals surface area contributed by atoms with Gasteiger partial charge in [0.25, 0.3) is 0 Å². The van der Waals surface area contributed by atoms with E-state index < -0.39 is 4.32 Å². The fraction of sp³-hybridized carbons (Fsp3) is 0.125. The first-order valence-corrected chi connectivity index (χ1v) is 6.84. The van der Waals surface area contributed by atoms with Crippen molar-refractivity contribution in [3.05, 3.63) is 71.3 Å². The summed E-state index contributed by atoms with van der Waals surface area (Å²) in [5, 5.41) is 0. The molecular weight excluding hydrogens is 304 g/mol. The molecule has 0 heterocycles. The fourth-order valence-corrected chi connectivity index (χ4v) is 3.20. The van der Waals surface area contributed by atoms with Crippen LogP contribution in [0.1, 0.15) is 26.3 Å². The molecule has 3 heteroatoms. The minimum atomic E-state index is -1.14. The minimum absolute atomic E-state index is 0.142. The van der Waals surface area contributed by atoms with Crippen LogP contribution in [0.25, 0.3) is 0 Å². The summed E-state index contributed by atoms with van der Waals surface area (Å²) < 4.78 is -1.14. The molecule has 94 valence electrons. The Bertz CT molecular complexity index is 626.